The monoisotopic (exact) mass is 286 g/mol. The number of piperidine rings is 2. The first-order valence-corrected chi connectivity index (χ1v) is 8.28. The van der Waals surface area contributed by atoms with Gasteiger partial charge >= 0.3 is 0 Å². The van der Waals surface area contributed by atoms with E-state index in [2.05, 4.69) is 22.3 Å². The Morgan fingerprint density at radius 3 is 3.05 bits per heavy atom. The summed E-state index contributed by atoms with van der Waals surface area (Å²) in [6.45, 7) is 4.03. The topological polar surface area (TPSA) is 33.7 Å². The third kappa shape index (κ3) is 1.89. The minimum atomic E-state index is 0.374. The lowest BCUT2D eigenvalue weighted by Crippen LogP contribution is -2.54. The average Bonchev–Trinajstić information content (AvgIpc) is 2.98. The van der Waals surface area contributed by atoms with Crippen LogP contribution in [0.3, 0.4) is 0 Å². The molecule has 4 aliphatic heterocycles. The number of rotatable bonds is 0. The molecule has 5 rings (SSSR count). The van der Waals surface area contributed by atoms with Gasteiger partial charge in [-0.15, -0.1) is 0 Å². The van der Waals surface area contributed by atoms with Gasteiger partial charge in [-0.05, 0) is 61.4 Å². The fourth-order valence-electron chi connectivity index (χ4n) is 4.69. The molecule has 0 aliphatic carbocycles. The summed E-state index contributed by atoms with van der Waals surface area (Å²) in [5.74, 6) is 2.73. The van der Waals surface area contributed by atoms with Crippen LogP contribution in [0.15, 0.2) is 12.1 Å². The van der Waals surface area contributed by atoms with Gasteiger partial charge in [0.05, 0.1) is 0 Å². The van der Waals surface area contributed by atoms with Crippen molar-refractivity contribution in [2.24, 2.45) is 5.92 Å². The maximum absolute atomic E-state index is 5.59. The average molecular weight is 286 g/mol. The van der Waals surface area contributed by atoms with Crippen LogP contribution < -0.4 is 14.8 Å². The van der Waals surface area contributed by atoms with Gasteiger partial charge in [-0.1, -0.05) is 0 Å². The zero-order chi connectivity index (χ0) is 13.8. The van der Waals surface area contributed by atoms with Crippen LogP contribution >= 0.6 is 0 Å². The number of hydrogen-bond donors (Lipinski definition) is 1. The molecule has 1 aromatic carbocycles. The lowest BCUT2D eigenvalue weighted by Gasteiger charge is -2.49. The van der Waals surface area contributed by atoms with E-state index in [9.17, 15) is 0 Å². The third-order valence-electron chi connectivity index (χ3n) is 5.78. The zero-order valence-corrected chi connectivity index (χ0v) is 12.3. The molecule has 0 bridgehead atoms. The molecule has 4 heterocycles. The van der Waals surface area contributed by atoms with Crippen molar-refractivity contribution in [3.63, 3.8) is 0 Å². The first-order valence-electron chi connectivity index (χ1n) is 8.28. The van der Waals surface area contributed by atoms with Crippen LogP contribution in [0, 0.1) is 5.92 Å². The van der Waals surface area contributed by atoms with Crippen LogP contribution in [0.1, 0.15) is 36.4 Å². The second-order valence-corrected chi connectivity index (χ2v) is 6.86. The van der Waals surface area contributed by atoms with Crippen LogP contribution in [-0.4, -0.2) is 37.4 Å². The molecule has 4 nitrogen and oxygen atoms in total. The molecule has 0 aromatic heterocycles. The molecule has 1 N–H and O–H groups in total. The highest BCUT2D eigenvalue weighted by molar-refractivity contribution is 5.50. The predicted octanol–water partition coefficient (Wildman–Crippen LogP) is 2.09. The van der Waals surface area contributed by atoms with E-state index in [1.54, 1.807) is 0 Å². The Labute approximate surface area is 125 Å². The van der Waals surface area contributed by atoms with Crippen LogP contribution in [0.5, 0.6) is 11.5 Å². The number of nitrogens with zero attached hydrogens (tertiary/aromatic N) is 1. The fraction of sp³-hybridized carbons (Fsp3) is 0.647. The molecule has 4 heteroatoms. The number of nitrogens with one attached hydrogen (secondary N) is 1. The highest BCUT2D eigenvalue weighted by Gasteiger charge is 2.40. The highest BCUT2D eigenvalue weighted by atomic mass is 16.7. The Morgan fingerprint density at radius 2 is 2.10 bits per heavy atom. The third-order valence-corrected chi connectivity index (χ3v) is 5.78. The lowest BCUT2D eigenvalue weighted by atomic mass is 9.77. The lowest BCUT2D eigenvalue weighted by molar-refractivity contribution is 0.0551. The molecule has 0 unspecified atom stereocenters. The van der Waals surface area contributed by atoms with Gasteiger partial charge in [0.15, 0.2) is 11.5 Å². The Bertz CT molecular complexity index is 574. The molecular formula is C17H22N2O2. The SMILES string of the molecule is c1c2c(cc3c1OCO3)[C@H]1C[C@@H]3NCCC[C@@H]3CN1CC2. The van der Waals surface area contributed by atoms with E-state index >= 15 is 0 Å². The smallest absolute Gasteiger partial charge is 0.231 e. The molecule has 0 spiro atoms. The fourth-order valence-corrected chi connectivity index (χ4v) is 4.69. The largest absolute Gasteiger partial charge is 0.454 e. The molecule has 0 amide bonds. The van der Waals surface area contributed by atoms with Crippen molar-refractivity contribution in [1.29, 1.82) is 0 Å². The summed E-state index contributed by atoms with van der Waals surface area (Å²) in [6, 6.07) is 5.74. The van der Waals surface area contributed by atoms with Gasteiger partial charge in [0, 0.05) is 25.2 Å². The van der Waals surface area contributed by atoms with Gasteiger partial charge in [0.1, 0.15) is 0 Å². The summed E-state index contributed by atoms with van der Waals surface area (Å²) in [5, 5.41) is 3.75. The molecule has 2 fully saturated rings. The van der Waals surface area contributed by atoms with Crippen LogP contribution in [0.2, 0.25) is 0 Å². The van der Waals surface area contributed by atoms with Gasteiger partial charge in [0.2, 0.25) is 6.79 Å². The van der Waals surface area contributed by atoms with E-state index < -0.39 is 0 Å². The van der Waals surface area contributed by atoms with E-state index in [1.807, 2.05) is 0 Å². The summed E-state index contributed by atoms with van der Waals surface area (Å²) < 4.78 is 11.1. The van der Waals surface area contributed by atoms with Crippen LogP contribution in [-0.2, 0) is 6.42 Å². The quantitative estimate of drug-likeness (QED) is 0.792. The minimum Gasteiger partial charge on any atom is -0.454 e. The molecule has 0 radical (unpaired) electrons. The van der Waals surface area contributed by atoms with E-state index in [0.717, 1.165) is 23.8 Å². The van der Waals surface area contributed by atoms with Gasteiger partial charge in [0.25, 0.3) is 0 Å². The summed E-state index contributed by atoms with van der Waals surface area (Å²) in [7, 11) is 0. The number of benzene rings is 1. The van der Waals surface area contributed by atoms with Crippen molar-refractivity contribution in [3.05, 3.63) is 23.3 Å². The van der Waals surface area contributed by atoms with Crippen molar-refractivity contribution in [3.8, 4) is 11.5 Å². The Hall–Kier alpha value is -1.26. The highest BCUT2D eigenvalue weighted by Crippen LogP contribution is 2.44. The molecule has 4 aliphatic rings. The summed E-state index contributed by atoms with van der Waals surface area (Å²) in [5.41, 5.74) is 2.95. The molecule has 21 heavy (non-hydrogen) atoms. The molecular weight excluding hydrogens is 264 g/mol. The van der Waals surface area contributed by atoms with Crippen molar-refractivity contribution in [2.75, 3.05) is 26.4 Å². The van der Waals surface area contributed by atoms with E-state index in [0.29, 0.717) is 18.9 Å². The van der Waals surface area contributed by atoms with Crippen molar-refractivity contribution in [1.82, 2.24) is 10.2 Å². The zero-order valence-electron chi connectivity index (χ0n) is 12.3. The first-order chi connectivity index (χ1) is 10.4. The van der Waals surface area contributed by atoms with Crippen molar-refractivity contribution in [2.45, 2.75) is 37.8 Å². The van der Waals surface area contributed by atoms with E-state index in [4.69, 9.17) is 9.47 Å². The normalized spacial score (nSPS) is 34.0. The van der Waals surface area contributed by atoms with Crippen LogP contribution in [0.25, 0.3) is 0 Å². The number of hydrogen-bond acceptors (Lipinski definition) is 4. The molecule has 2 saturated heterocycles. The van der Waals surface area contributed by atoms with Gasteiger partial charge < -0.3 is 14.8 Å². The first kappa shape index (κ1) is 12.3. The van der Waals surface area contributed by atoms with Gasteiger partial charge in [-0.3, -0.25) is 4.90 Å². The predicted molar refractivity (Wildman–Crippen MR) is 79.7 cm³/mol. The number of fused-ring (bicyclic) bond motifs is 5. The second-order valence-electron chi connectivity index (χ2n) is 6.86. The molecule has 112 valence electrons. The summed E-state index contributed by atoms with van der Waals surface area (Å²) in [4.78, 5) is 2.71. The maximum atomic E-state index is 5.59. The molecule has 3 atom stereocenters. The van der Waals surface area contributed by atoms with Crippen LogP contribution in [0.4, 0.5) is 0 Å². The summed E-state index contributed by atoms with van der Waals surface area (Å²) in [6.07, 6.45) is 5.13. The minimum absolute atomic E-state index is 0.374. The van der Waals surface area contributed by atoms with Crippen molar-refractivity contribution < 1.29 is 9.47 Å². The Balaban J connectivity index is 1.50. The number of ether oxygens (including phenoxy) is 2. The maximum Gasteiger partial charge on any atom is 0.231 e. The second kappa shape index (κ2) is 4.62. The van der Waals surface area contributed by atoms with Crippen molar-refractivity contribution >= 4 is 0 Å². The Morgan fingerprint density at radius 1 is 1.19 bits per heavy atom. The van der Waals surface area contributed by atoms with Gasteiger partial charge in [-0.2, -0.15) is 0 Å². The molecule has 1 aromatic rings. The summed E-state index contributed by atoms with van der Waals surface area (Å²) >= 11 is 0. The standard InChI is InChI=1S/C17H22N2O2/c1-2-12-9-19-5-3-11-6-16-17(21-10-20-16)7-13(11)15(19)8-14(12)18-4-1/h6-7,12,14-15,18H,1-5,8-10H2/t12-,14+,15-/m1/s1. The van der Waals surface area contributed by atoms with Gasteiger partial charge in [-0.25, -0.2) is 0 Å². The van der Waals surface area contributed by atoms with E-state index in [1.165, 1.54) is 50.0 Å². The van der Waals surface area contributed by atoms with E-state index in [-0.39, 0.29) is 0 Å². The molecule has 0 saturated carbocycles. The Kier molecular flexibility index (Phi) is 2.70.